The van der Waals surface area contributed by atoms with E-state index in [1.54, 1.807) is 31.3 Å². The summed E-state index contributed by atoms with van der Waals surface area (Å²) in [6.45, 7) is 1.96. The molecule has 1 atom stereocenters. The molecule has 3 aromatic carbocycles. The largest absolute Gasteiger partial charge is 0.484 e. The van der Waals surface area contributed by atoms with Gasteiger partial charge in [-0.15, -0.1) is 0 Å². The normalized spacial score (nSPS) is 12.4. The second-order valence-corrected chi connectivity index (χ2v) is 9.83. The van der Waals surface area contributed by atoms with Gasteiger partial charge in [0.15, 0.2) is 6.61 Å². The Hall–Kier alpha value is -2.87. The maximum atomic E-state index is 12.8. The number of ether oxygens (including phenoxy) is 1. The van der Waals surface area contributed by atoms with Crippen molar-refractivity contribution in [2.45, 2.75) is 24.4 Å². The van der Waals surface area contributed by atoms with E-state index < -0.39 is 10.0 Å². The quantitative estimate of drug-likeness (QED) is 0.500. The van der Waals surface area contributed by atoms with Gasteiger partial charge in [0.2, 0.25) is 10.0 Å². The van der Waals surface area contributed by atoms with Crippen molar-refractivity contribution in [2.75, 3.05) is 13.7 Å². The summed E-state index contributed by atoms with van der Waals surface area (Å²) in [5.41, 5.74) is 1.83. The van der Waals surface area contributed by atoms with E-state index in [0.29, 0.717) is 10.8 Å². The Morgan fingerprint density at radius 2 is 1.62 bits per heavy atom. The van der Waals surface area contributed by atoms with Crippen LogP contribution in [0.2, 0.25) is 5.02 Å². The number of hydrogen-bond acceptors (Lipinski definition) is 4. The van der Waals surface area contributed by atoms with Gasteiger partial charge in [0.1, 0.15) is 5.75 Å². The summed E-state index contributed by atoms with van der Waals surface area (Å²) >= 11 is 5.88. The van der Waals surface area contributed by atoms with Crippen LogP contribution in [0.5, 0.6) is 5.75 Å². The predicted molar refractivity (Wildman–Crippen MR) is 125 cm³/mol. The van der Waals surface area contributed by atoms with E-state index in [4.69, 9.17) is 16.3 Å². The highest BCUT2D eigenvalue weighted by molar-refractivity contribution is 7.89. The molecule has 0 aliphatic rings. The zero-order chi connectivity index (χ0) is 23.1. The third kappa shape index (κ3) is 6.32. The molecular weight excluding hydrogens is 448 g/mol. The molecule has 0 fully saturated rings. The minimum Gasteiger partial charge on any atom is -0.484 e. The van der Waals surface area contributed by atoms with Crippen molar-refractivity contribution in [1.82, 2.24) is 9.62 Å². The average Bonchev–Trinajstić information content (AvgIpc) is 2.79. The Morgan fingerprint density at radius 1 is 1.00 bits per heavy atom. The Labute approximate surface area is 193 Å². The smallest absolute Gasteiger partial charge is 0.258 e. The fraction of sp³-hybridized carbons (Fsp3) is 0.208. The summed E-state index contributed by atoms with van der Waals surface area (Å²) in [4.78, 5) is 12.3. The van der Waals surface area contributed by atoms with Crippen LogP contribution in [-0.4, -0.2) is 32.3 Å². The van der Waals surface area contributed by atoms with E-state index in [-0.39, 0.29) is 30.0 Å². The molecule has 0 spiro atoms. The van der Waals surface area contributed by atoms with Crippen LogP contribution in [-0.2, 0) is 21.4 Å². The molecule has 1 N–H and O–H groups in total. The van der Waals surface area contributed by atoms with E-state index in [1.165, 1.54) is 16.4 Å². The number of sulfonamides is 1. The standard InChI is InChI=1S/C24H25ClN2O4S/c1-18(20-8-10-21(25)11-9-20)26-24(28)17-31-22-12-14-23(15-13-22)32(29,30)27(2)16-19-6-4-3-5-7-19/h3-15,18H,16-17H2,1-2H3,(H,26,28)/t18-/m0/s1. The van der Waals surface area contributed by atoms with Gasteiger partial charge >= 0.3 is 0 Å². The highest BCUT2D eigenvalue weighted by Gasteiger charge is 2.21. The number of nitrogens with zero attached hydrogens (tertiary/aromatic N) is 1. The van der Waals surface area contributed by atoms with Crippen molar-refractivity contribution in [2.24, 2.45) is 0 Å². The highest BCUT2D eigenvalue weighted by Crippen LogP contribution is 2.20. The zero-order valence-electron chi connectivity index (χ0n) is 17.9. The molecule has 0 aliphatic carbocycles. The number of rotatable bonds is 9. The van der Waals surface area contributed by atoms with E-state index in [1.807, 2.05) is 49.4 Å². The summed E-state index contributed by atoms with van der Waals surface area (Å²) in [7, 11) is -2.11. The lowest BCUT2D eigenvalue weighted by atomic mass is 10.1. The molecule has 8 heteroatoms. The maximum absolute atomic E-state index is 12.8. The number of carbonyl (C=O) groups is 1. The van der Waals surface area contributed by atoms with Crippen LogP contribution < -0.4 is 10.1 Å². The topological polar surface area (TPSA) is 75.7 Å². The van der Waals surface area contributed by atoms with Crippen LogP contribution in [0.3, 0.4) is 0 Å². The van der Waals surface area contributed by atoms with Gasteiger partial charge in [0.05, 0.1) is 10.9 Å². The number of hydrogen-bond donors (Lipinski definition) is 1. The van der Waals surface area contributed by atoms with Crippen molar-refractivity contribution >= 4 is 27.5 Å². The first-order valence-electron chi connectivity index (χ1n) is 10.0. The van der Waals surface area contributed by atoms with Crippen LogP contribution in [0.4, 0.5) is 0 Å². The highest BCUT2D eigenvalue weighted by atomic mass is 35.5. The second-order valence-electron chi connectivity index (χ2n) is 7.35. The predicted octanol–water partition coefficient (Wildman–Crippen LogP) is 4.42. The Balaban J connectivity index is 1.54. The van der Waals surface area contributed by atoms with E-state index >= 15 is 0 Å². The summed E-state index contributed by atoms with van der Waals surface area (Å²) < 4.78 is 32.4. The van der Waals surface area contributed by atoms with Crippen molar-refractivity contribution < 1.29 is 17.9 Å². The molecular formula is C24H25ClN2O4S. The van der Waals surface area contributed by atoms with Crippen molar-refractivity contribution in [1.29, 1.82) is 0 Å². The molecule has 3 aromatic rings. The first kappa shape index (κ1) is 23.8. The molecule has 0 radical (unpaired) electrons. The fourth-order valence-corrected chi connectivity index (χ4v) is 4.37. The summed E-state index contributed by atoms with van der Waals surface area (Å²) in [5.74, 6) is 0.121. The number of amides is 1. The van der Waals surface area contributed by atoms with E-state index in [2.05, 4.69) is 5.32 Å². The molecule has 0 aliphatic heterocycles. The van der Waals surface area contributed by atoms with Gasteiger partial charge in [-0.1, -0.05) is 54.1 Å². The third-order valence-electron chi connectivity index (χ3n) is 4.90. The minimum atomic E-state index is -3.65. The van der Waals surface area contributed by atoms with Crippen LogP contribution in [0.1, 0.15) is 24.1 Å². The van der Waals surface area contributed by atoms with Gasteiger partial charge in [0.25, 0.3) is 5.91 Å². The molecule has 0 unspecified atom stereocenters. The first-order valence-corrected chi connectivity index (χ1v) is 11.9. The van der Waals surface area contributed by atoms with E-state index in [0.717, 1.165) is 11.1 Å². The zero-order valence-corrected chi connectivity index (χ0v) is 19.4. The van der Waals surface area contributed by atoms with Crippen molar-refractivity contribution in [3.05, 3.63) is 95.0 Å². The van der Waals surface area contributed by atoms with Crippen molar-refractivity contribution in [3.8, 4) is 5.75 Å². The molecule has 0 saturated carbocycles. The fourth-order valence-electron chi connectivity index (χ4n) is 3.08. The Morgan fingerprint density at radius 3 is 2.25 bits per heavy atom. The lowest BCUT2D eigenvalue weighted by Crippen LogP contribution is -2.31. The van der Waals surface area contributed by atoms with E-state index in [9.17, 15) is 13.2 Å². The summed E-state index contributed by atoms with van der Waals surface area (Å²) in [6.07, 6.45) is 0. The minimum absolute atomic E-state index is 0.157. The third-order valence-corrected chi connectivity index (χ3v) is 6.97. The number of carbonyl (C=O) groups excluding carboxylic acids is 1. The average molecular weight is 473 g/mol. The molecule has 0 saturated heterocycles. The number of nitrogens with one attached hydrogen (secondary N) is 1. The van der Waals surface area contributed by atoms with Gasteiger partial charge < -0.3 is 10.1 Å². The van der Waals surface area contributed by atoms with Gasteiger partial charge in [0, 0.05) is 18.6 Å². The van der Waals surface area contributed by atoms with Gasteiger partial charge in [-0.05, 0) is 54.4 Å². The van der Waals surface area contributed by atoms with Gasteiger partial charge in [-0.3, -0.25) is 4.79 Å². The monoisotopic (exact) mass is 472 g/mol. The first-order chi connectivity index (χ1) is 15.3. The lowest BCUT2D eigenvalue weighted by molar-refractivity contribution is -0.123. The molecule has 32 heavy (non-hydrogen) atoms. The van der Waals surface area contributed by atoms with Crippen molar-refractivity contribution in [3.63, 3.8) is 0 Å². The molecule has 0 heterocycles. The lowest BCUT2D eigenvalue weighted by Gasteiger charge is -2.18. The molecule has 1 amide bonds. The second kappa shape index (κ2) is 10.6. The summed E-state index contributed by atoms with van der Waals surface area (Å²) in [6, 6.07) is 22.4. The van der Waals surface area contributed by atoms with Crippen LogP contribution in [0.25, 0.3) is 0 Å². The molecule has 6 nitrogen and oxygen atoms in total. The molecule has 0 bridgehead atoms. The SMILES string of the molecule is C[C@H](NC(=O)COc1ccc(S(=O)(=O)N(C)Cc2ccccc2)cc1)c1ccc(Cl)cc1. The Bertz CT molecular complexity index is 1130. The summed E-state index contributed by atoms with van der Waals surface area (Å²) in [5, 5.41) is 3.48. The van der Waals surface area contributed by atoms with Gasteiger partial charge in [-0.25, -0.2) is 8.42 Å². The molecule has 3 rings (SSSR count). The Kier molecular flexibility index (Phi) is 7.90. The molecule has 0 aromatic heterocycles. The number of halogens is 1. The van der Waals surface area contributed by atoms with Crippen LogP contribution in [0, 0.1) is 0 Å². The molecule has 168 valence electrons. The van der Waals surface area contributed by atoms with Crippen LogP contribution >= 0.6 is 11.6 Å². The van der Waals surface area contributed by atoms with Crippen LogP contribution in [0.15, 0.2) is 83.8 Å². The van der Waals surface area contributed by atoms with Gasteiger partial charge in [-0.2, -0.15) is 4.31 Å². The number of benzene rings is 3. The maximum Gasteiger partial charge on any atom is 0.258 e.